The first-order valence-electron chi connectivity index (χ1n) is 5.86. The molecule has 0 amide bonds. The summed E-state index contributed by atoms with van der Waals surface area (Å²) in [5, 5.41) is 12.7. The minimum atomic E-state index is 0.272. The molecule has 0 bridgehead atoms. The monoisotopic (exact) mass is 221 g/mol. The Labute approximate surface area is 98.7 Å². The van der Waals surface area contributed by atoms with Crippen LogP contribution >= 0.6 is 0 Å². The van der Waals surface area contributed by atoms with Gasteiger partial charge in [-0.25, -0.2) is 0 Å². The summed E-state index contributed by atoms with van der Waals surface area (Å²) in [4.78, 5) is 0. The van der Waals surface area contributed by atoms with E-state index in [9.17, 15) is 5.11 Å². The van der Waals surface area contributed by atoms with Crippen molar-refractivity contribution in [3.8, 4) is 5.75 Å². The Balaban J connectivity index is 2.76. The molecule has 1 atom stereocenters. The summed E-state index contributed by atoms with van der Waals surface area (Å²) in [5.74, 6) is 0.925. The van der Waals surface area contributed by atoms with Gasteiger partial charge in [-0.2, -0.15) is 0 Å². The maximum atomic E-state index is 9.44. The maximum absolute atomic E-state index is 9.44. The van der Waals surface area contributed by atoms with Crippen molar-refractivity contribution in [1.29, 1.82) is 0 Å². The molecule has 0 saturated heterocycles. The average molecular weight is 221 g/mol. The highest BCUT2D eigenvalue weighted by atomic mass is 16.3. The summed E-state index contributed by atoms with van der Waals surface area (Å²) in [5.41, 5.74) is 1.48. The standard InChI is InChI=1S/C14H23NO/c1-14(2,3)12(10-15-4)8-11-6-5-7-13(16)9-11/h5-7,9,12,15-16H,8,10H2,1-4H3. The van der Waals surface area contributed by atoms with Crippen LogP contribution in [0.3, 0.4) is 0 Å². The van der Waals surface area contributed by atoms with Gasteiger partial charge in [0.15, 0.2) is 0 Å². The lowest BCUT2D eigenvalue weighted by atomic mass is 9.77. The highest BCUT2D eigenvalue weighted by molar-refractivity contribution is 5.27. The Morgan fingerprint density at radius 3 is 2.50 bits per heavy atom. The molecule has 0 aromatic heterocycles. The Kier molecular flexibility index (Phi) is 4.36. The van der Waals surface area contributed by atoms with Crippen LogP contribution < -0.4 is 5.32 Å². The van der Waals surface area contributed by atoms with Gasteiger partial charge in [0.2, 0.25) is 0 Å². The van der Waals surface area contributed by atoms with Gasteiger partial charge < -0.3 is 10.4 Å². The lowest BCUT2D eigenvalue weighted by Gasteiger charge is -2.30. The average Bonchev–Trinajstić information content (AvgIpc) is 2.16. The molecule has 1 aromatic carbocycles. The summed E-state index contributed by atoms with van der Waals surface area (Å²) < 4.78 is 0. The molecule has 0 radical (unpaired) electrons. The predicted octanol–water partition coefficient (Wildman–Crippen LogP) is 2.82. The lowest BCUT2D eigenvalue weighted by molar-refractivity contribution is 0.234. The summed E-state index contributed by atoms with van der Waals surface area (Å²) in [6, 6.07) is 7.56. The zero-order chi connectivity index (χ0) is 12.2. The van der Waals surface area contributed by atoms with Crippen molar-refractivity contribution in [3.05, 3.63) is 29.8 Å². The van der Waals surface area contributed by atoms with E-state index in [1.807, 2.05) is 19.2 Å². The molecule has 16 heavy (non-hydrogen) atoms. The first-order chi connectivity index (χ1) is 7.43. The van der Waals surface area contributed by atoms with Crippen molar-refractivity contribution in [2.45, 2.75) is 27.2 Å². The van der Waals surface area contributed by atoms with Crippen molar-refractivity contribution in [1.82, 2.24) is 5.32 Å². The second-order valence-corrected chi connectivity index (χ2v) is 5.49. The fraction of sp³-hybridized carbons (Fsp3) is 0.571. The van der Waals surface area contributed by atoms with Crippen LogP contribution in [0.25, 0.3) is 0 Å². The van der Waals surface area contributed by atoms with Crippen LogP contribution in [0.4, 0.5) is 0 Å². The van der Waals surface area contributed by atoms with Crippen LogP contribution in [0.15, 0.2) is 24.3 Å². The Morgan fingerprint density at radius 1 is 1.31 bits per heavy atom. The Hall–Kier alpha value is -1.02. The molecule has 0 saturated carbocycles. The highest BCUT2D eigenvalue weighted by Crippen LogP contribution is 2.29. The quantitative estimate of drug-likeness (QED) is 0.819. The molecular weight excluding hydrogens is 198 g/mol. The minimum absolute atomic E-state index is 0.272. The molecule has 1 rings (SSSR count). The molecule has 0 aliphatic rings. The zero-order valence-corrected chi connectivity index (χ0v) is 10.7. The van der Waals surface area contributed by atoms with E-state index in [0.717, 1.165) is 13.0 Å². The molecule has 1 unspecified atom stereocenters. The Morgan fingerprint density at radius 2 is 2.00 bits per heavy atom. The number of benzene rings is 1. The summed E-state index contributed by atoms with van der Waals surface area (Å²) in [6.45, 7) is 7.78. The first-order valence-corrected chi connectivity index (χ1v) is 5.86. The summed E-state index contributed by atoms with van der Waals surface area (Å²) in [7, 11) is 1.99. The van der Waals surface area contributed by atoms with Crippen LogP contribution in [0.5, 0.6) is 5.75 Å². The van der Waals surface area contributed by atoms with E-state index in [0.29, 0.717) is 11.7 Å². The predicted molar refractivity (Wildman–Crippen MR) is 68.7 cm³/mol. The van der Waals surface area contributed by atoms with Crippen LogP contribution in [0.1, 0.15) is 26.3 Å². The van der Waals surface area contributed by atoms with Crippen LogP contribution in [0, 0.1) is 11.3 Å². The van der Waals surface area contributed by atoms with Gasteiger partial charge in [0.1, 0.15) is 5.75 Å². The topological polar surface area (TPSA) is 32.3 Å². The molecule has 90 valence electrons. The minimum Gasteiger partial charge on any atom is -0.508 e. The summed E-state index contributed by atoms with van der Waals surface area (Å²) >= 11 is 0. The van der Waals surface area contributed by atoms with Gasteiger partial charge in [-0.05, 0) is 49.0 Å². The van der Waals surface area contributed by atoms with Gasteiger partial charge >= 0.3 is 0 Å². The number of phenolic OH excluding ortho intramolecular Hbond substituents is 1. The molecule has 0 aliphatic heterocycles. The largest absolute Gasteiger partial charge is 0.508 e. The SMILES string of the molecule is CNCC(Cc1cccc(O)c1)C(C)(C)C. The van der Waals surface area contributed by atoms with Crippen molar-refractivity contribution >= 4 is 0 Å². The fourth-order valence-corrected chi connectivity index (χ4v) is 1.90. The maximum Gasteiger partial charge on any atom is 0.115 e. The molecule has 1 aromatic rings. The Bertz CT molecular complexity index is 328. The zero-order valence-electron chi connectivity index (χ0n) is 10.7. The van der Waals surface area contributed by atoms with E-state index in [1.54, 1.807) is 6.07 Å². The summed E-state index contributed by atoms with van der Waals surface area (Å²) in [6.07, 6.45) is 0.999. The van der Waals surface area contributed by atoms with Gasteiger partial charge in [0, 0.05) is 0 Å². The molecule has 0 heterocycles. The number of hydrogen-bond donors (Lipinski definition) is 2. The number of rotatable bonds is 4. The van der Waals surface area contributed by atoms with Gasteiger partial charge in [-0.1, -0.05) is 32.9 Å². The van der Waals surface area contributed by atoms with E-state index >= 15 is 0 Å². The van der Waals surface area contributed by atoms with Crippen molar-refractivity contribution in [2.24, 2.45) is 11.3 Å². The first kappa shape index (κ1) is 13.0. The molecule has 0 spiro atoms. The second kappa shape index (κ2) is 5.35. The number of nitrogens with one attached hydrogen (secondary N) is 1. The number of phenols is 1. The van der Waals surface area contributed by atoms with Crippen molar-refractivity contribution < 1.29 is 5.11 Å². The van der Waals surface area contributed by atoms with Gasteiger partial charge in [-0.15, -0.1) is 0 Å². The lowest BCUT2D eigenvalue weighted by Crippen LogP contribution is -2.31. The van der Waals surface area contributed by atoms with E-state index in [-0.39, 0.29) is 5.41 Å². The van der Waals surface area contributed by atoms with E-state index in [1.165, 1.54) is 5.56 Å². The molecule has 2 N–H and O–H groups in total. The normalized spacial score (nSPS) is 13.8. The molecule has 2 nitrogen and oxygen atoms in total. The van der Waals surface area contributed by atoms with E-state index < -0.39 is 0 Å². The van der Waals surface area contributed by atoms with Crippen LogP contribution in [-0.2, 0) is 6.42 Å². The fourth-order valence-electron chi connectivity index (χ4n) is 1.90. The van der Waals surface area contributed by atoms with Gasteiger partial charge in [0.05, 0.1) is 0 Å². The number of hydrogen-bond acceptors (Lipinski definition) is 2. The molecule has 0 fully saturated rings. The van der Waals surface area contributed by atoms with Crippen LogP contribution in [-0.4, -0.2) is 18.7 Å². The third kappa shape index (κ3) is 3.86. The third-order valence-corrected chi connectivity index (χ3v) is 3.07. The van der Waals surface area contributed by atoms with E-state index in [4.69, 9.17) is 0 Å². The van der Waals surface area contributed by atoms with E-state index in [2.05, 4.69) is 32.2 Å². The highest BCUT2D eigenvalue weighted by Gasteiger charge is 2.24. The van der Waals surface area contributed by atoms with Crippen molar-refractivity contribution in [2.75, 3.05) is 13.6 Å². The van der Waals surface area contributed by atoms with Crippen molar-refractivity contribution in [3.63, 3.8) is 0 Å². The second-order valence-electron chi connectivity index (χ2n) is 5.49. The smallest absolute Gasteiger partial charge is 0.115 e. The molecule has 2 heteroatoms. The molecular formula is C14H23NO. The number of aromatic hydroxyl groups is 1. The molecule has 0 aliphatic carbocycles. The van der Waals surface area contributed by atoms with Crippen LogP contribution in [0.2, 0.25) is 0 Å². The van der Waals surface area contributed by atoms with Gasteiger partial charge in [0.25, 0.3) is 0 Å². The third-order valence-electron chi connectivity index (χ3n) is 3.07. The van der Waals surface area contributed by atoms with Gasteiger partial charge in [-0.3, -0.25) is 0 Å².